The summed E-state index contributed by atoms with van der Waals surface area (Å²) in [5.41, 5.74) is 0. The first kappa shape index (κ1) is 11.8. The molecule has 0 atom stereocenters. The van der Waals surface area contributed by atoms with E-state index < -0.39 is 0 Å². The topological polar surface area (TPSA) is 56.1 Å². The highest BCUT2D eigenvalue weighted by molar-refractivity contribution is 5.74. The molecule has 2 amide bonds. The van der Waals surface area contributed by atoms with Gasteiger partial charge >= 0.3 is 6.03 Å². The first-order chi connectivity index (χ1) is 6.26. The van der Waals surface area contributed by atoms with Crippen LogP contribution in [0.4, 0.5) is 4.79 Å². The van der Waals surface area contributed by atoms with Crippen LogP contribution in [0.25, 0.3) is 0 Å². The predicted octanol–water partition coefficient (Wildman–Crippen LogP) is 1.34. The Labute approximate surface area is 79.5 Å². The summed E-state index contributed by atoms with van der Waals surface area (Å²) in [4.78, 5) is 13.0. The van der Waals surface area contributed by atoms with E-state index in [-0.39, 0.29) is 6.03 Å². The van der Waals surface area contributed by atoms with E-state index in [2.05, 4.69) is 5.32 Å². The van der Waals surface area contributed by atoms with Gasteiger partial charge in [-0.25, -0.2) is 4.79 Å². The molecular formula is C9H17N3O. The third-order valence-electron chi connectivity index (χ3n) is 1.69. The molecule has 0 aliphatic carbocycles. The molecule has 0 aromatic carbocycles. The summed E-state index contributed by atoms with van der Waals surface area (Å²) in [6.45, 7) is 5.77. The average Bonchev–Trinajstić information content (AvgIpc) is 2.16. The number of nitrogens with zero attached hydrogens (tertiary/aromatic N) is 2. The number of carbonyl (C=O) groups excluding carboxylic acids is 1. The van der Waals surface area contributed by atoms with Crippen LogP contribution in [0.1, 0.15) is 26.7 Å². The minimum atomic E-state index is -0.0698. The Morgan fingerprint density at radius 2 is 2.23 bits per heavy atom. The van der Waals surface area contributed by atoms with Gasteiger partial charge in [0, 0.05) is 19.6 Å². The average molecular weight is 183 g/mol. The minimum absolute atomic E-state index is 0.0698. The predicted molar refractivity (Wildman–Crippen MR) is 51.2 cm³/mol. The van der Waals surface area contributed by atoms with Crippen LogP contribution in [0.15, 0.2) is 0 Å². The highest BCUT2D eigenvalue weighted by Gasteiger charge is 2.08. The molecule has 0 aliphatic rings. The number of hydrogen-bond acceptors (Lipinski definition) is 2. The van der Waals surface area contributed by atoms with Gasteiger partial charge in [0.1, 0.15) is 0 Å². The number of nitriles is 1. The van der Waals surface area contributed by atoms with Gasteiger partial charge in [-0.1, -0.05) is 6.92 Å². The molecule has 0 fully saturated rings. The largest absolute Gasteiger partial charge is 0.338 e. The van der Waals surface area contributed by atoms with Crippen LogP contribution in [-0.2, 0) is 0 Å². The van der Waals surface area contributed by atoms with Gasteiger partial charge in [0.05, 0.1) is 12.5 Å². The summed E-state index contributed by atoms with van der Waals surface area (Å²) in [5.74, 6) is 0. The van der Waals surface area contributed by atoms with Gasteiger partial charge in [-0.3, -0.25) is 0 Å². The maximum absolute atomic E-state index is 11.3. The molecule has 0 rings (SSSR count). The summed E-state index contributed by atoms with van der Waals surface area (Å²) >= 11 is 0. The van der Waals surface area contributed by atoms with Crippen molar-refractivity contribution in [2.75, 3.05) is 19.6 Å². The molecule has 1 N–H and O–H groups in total. The van der Waals surface area contributed by atoms with Gasteiger partial charge < -0.3 is 10.2 Å². The van der Waals surface area contributed by atoms with E-state index in [9.17, 15) is 4.79 Å². The molecular weight excluding hydrogens is 166 g/mol. The Morgan fingerprint density at radius 1 is 1.54 bits per heavy atom. The molecule has 0 unspecified atom stereocenters. The second kappa shape index (κ2) is 7.41. The van der Waals surface area contributed by atoms with Gasteiger partial charge in [-0.2, -0.15) is 5.26 Å². The standard InChI is InChI=1S/C9H17N3O/c1-3-7-11-9(13)12(4-2)8-5-6-10/h3-5,7-8H2,1-2H3,(H,11,13). The van der Waals surface area contributed by atoms with E-state index in [1.54, 1.807) is 4.90 Å². The lowest BCUT2D eigenvalue weighted by Crippen LogP contribution is -2.40. The van der Waals surface area contributed by atoms with Crippen molar-refractivity contribution in [2.24, 2.45) is 0 Å². The Bertz CT molecular complexity index is 186. The molecule has 0 saturated carbocycles. The SMILES string of the molecule is CCCNC(=O)N(CC)CCC#N. The van der Waals surface area contributed by atoms with Crippen molar-refractivity contribution in [2.45, 2.75) is 26.7 Å². The molecule has 13 heavy (non-hydrogen) atoms. The molecule has 0 bridgehead atoms. The summed E-state index contributed by atoms with van der Waals surface area (Å²) in [7, 11) is 0. The molecule has 0 spiro atoms. The van der Waals surface area contributed by atoms with Crippen LogP contribution >= 0.6 is 0 Å². The Kier molecular flexibility index (Phi) is 6.70. The summed E-state index contributed by atoms with van der Waals surface area (Å²) in [6, 6.07) is 1.95. The first-order valence-corrected chi connectivity index (χ1v) is 4.66. The van der Waals surface area contributed by atoms with Gasteiger partial charge in [-0.05, 0) is 13.3 Å². The van der Waals surface area contributed by atoms with E-state index >= 15 is 0 Å². The van der Waals surface area contributed by atoms with Crippen LogP contribution in [0.3, 0.4) is 0 Å². The second-order valence-corrected chi connectivity index (χ2v) is 2.72. The summed E-state index contributed by atoms with van der Waals surface area (Å²) < 4.78 is 0. The molecule has 0 radical (unpaired) electrons. The second-order valence-electron chi connectivity index (χ2n) is 2.72. The Balaban J connectivity index is 3.79. The fourth-order valence-electron chi connectivity index (χ4n) is 0.932. The lowest BCUT2D eigenvalue weighted by molar-refractivity contribution is 0.202. The van der Waals surface area contributed by atoms with E-state index in [1.165, 1.54) is 0 Å². The van der Waals surface area contributed by atoms with Crippen molar-refractivity contribution in [3.63, 3.8) is 0 Å². The molecule has 0 aliphatic heterocycles. The fourth-order valence-corrected chi connectivity index (χ4v) is 0.932. The van der Waals surface area contributed by atoms with Crippen molar-refractivity contribution in [3.8, 4) is 6.07 Å². The van der Waals surface area contributed by atoms with E-state index in [0.717, 1.165) is 6.42 Å². The number of hydrogen-bond donors (Lipinski definition) is 1. The quantitative estimate of drug-likeness (QED) is 0.699. The van der Waals surface area contributed by atoms with Crippen molar-refractivity contribution in [1.82, 2.24) is 10.2 Å². The van der Waals surface area contributed by atoms with Crippen LogP contribution in [-0.4, -0.2) is 30.6 Å². The van der Waals surface area contributed by atoms with Gasteiger partial charge in [0.25, 0.3) is 0 Å². The molecule has 0 saturated heterocycles. The fraction of sp³-hybridized carbons (Fsp3) is 0.778. The van der Waals surface area contributed by atoms with Crippen molar-refractivity contribution in [1.29, 1.82) is 5.26 Å². The zero-order chi connectivity index (χ0) is 10.1. The number of amides is 2. The van der Waals surface area contributed by atoms with Crippen LogP contribution in [0.5, 0.6) is 0 Å². The van der Waals surface area contributed by atoms with Crippen LogP contribution in [0.2, 0.25) is 0 Å². The summed E-state index contributed by atoms with van der Waals surface area (Å²) in [6.07, 6.45) is 1.33. The van der Waals surface area contributed by atoms with Gasteiger partial charge in [0.2, 0.25) is 0 Å². The number of rotatable bonds is 5. The van der Waals surface area contributed by atoms with Crippen molar-refractivity contribution < 1.29 is 4.79 Å². The van der Waals surface area contributed by atoms with Gasteiger partial charge in [0.15, 0.2) is 0 Å². The molecule has 4 nitrogen and oxygen atoms in total. The number of urea groups is 1. The van der Waals surface area contributed by atoms with E-state index in [0.29, 0.717) is 26.1 Å². The minimum Gasteiger partial charge on any atom is -0.338 e. The Morgan fingerprint density at radius 3 is 2.69 bits per heavy atom. The maximum Gasteiger partial charge on any atom is 0.317 e. The zero-order valence-electron chi connectivity index (χ0n) is 8.34. The van der Waals surface area contributed by atoms with Crippen molar-refractivity contribution in [3.05, 3.63) is 0 Å². The lowest BCUT2D eigenvalue weighted by atomic mass is 10.4. The van der Waals surface area contributed by atoms with Crippen molar-refractivity contribution >= 4 is 6.03 Å². The van der Waals surface area contributed by atoms with E-state index in [1.807, 2.05) is 19.9 Å². The van der Waals surface area contributed by atoms with Gasteiger partial charge in [-0.15, -0.1) is 0 Å². The molecule has 74 valence electrons. The lowest BCUT2D eigenvalue weighted by Gasteiger charge is -2.19. The molecule has 0 aromatic rings. The summed E-state index contributed by atoms with van der Waals surface area (Å²) in [5, 5.41) is 11.1. The Hall–Kier alpha value is -1.24. The molecule has 0 aromatic heterocycles. The first-order valence-electron chi connectivity index (χ1n) is 4.66. The highest BCUT2D eigenvalue weighted by Crippen LogP contribution is 1.91. The van der Waals surface area contributed by atoms with E-state index in [4.69, 9.17) is 5.26 Å². The smallest absolute Gasteiger partial charge is 0.317 e. The monoisotopic (exact) mass is 183 g/mol. The zero-order valence-corrected chi connectivity index (χ0v) is 8.34. The number of nitrogens with one attached hydrogen (secondary N) is 1. The third kappa shape index (κ3) is 5.07. The third-order valence-corrected chi connectivity index (χ3v) is 1.69. The number of carbonyl (C=O) groups is 1. The molecule has 0 heterocycles. The van der Waals surface area contributed by atoms with Crippen LogP contribution < -0.4 is 5.32 Å². The maximum atomic E-state index is 11.3. The normalized spacial score (nSPS) is 9.00. The highest BCUT2D eigenvalue weighted by atomic mass is 16.2. The van der Waals surface area contributed by atoms with Crippen LogP contribution in [0, 0.1) is 11.3 Å². The molecule has 4 heteroatoms.